The van der Waals surface area contributed by atoms with Crippen molar-refractivity contribution in [2.45, 2.75) is 25.4 Å². The number of carbonyl (C=O) groups excluding carboxylic acids is 1. The Kier molecular flexibility index (Phi) is 5.87. The minimum absolute atomic E-state index is 0.0408. The molecule has 2 atom stereocenters. The summed E-state index contributed by atoms with van der Waals surface area (Å²) in [6, 6.07) is 1.66. The topological polar surface area (TPSA) is 55.1 Å². The van der Waals surface area contributed by atoms with Crippen molar-refractivity contribution in [3.05, 3.63) is 22.4 Å². The van der Waals surface area contributed by atoms with Gasteiger partial charge in [-0.25, -0.2) is 0 Å². The summed E-state index contributed by atoms with van der Waals surface area (Å²) < 4.78 is 0. The molecule has 0 fully saturated rings. The van der Waals surface area contributed by atoms with E-state index in [1.807, 2.05) is 30.0 Å². The summed E-state index contributed by atoms with van der Waals surface area (Å²) >= 11 is 3.34. The van der Waals surface area contributed by atoms with Gasteiger partial charge in [0.05, 0.1) is 12.1 Å². The quantitative estimate of drug-likeness (QED) is 0.820. The monoisotopic (exact) mass is 258 g/mol. The van der Waals surface area contributed by atoms with Gasteiger partial charge in [-0.1, -0.05) is 0 Å². The fraction of sp³-hybridized carbons (Fsp3) is 0.545. The summed E-state index contributed by atoms with van der Waals surface area (Å²) in [6.45, 7) is 1.97. The Labute approximate surface area is 105 Å². The summed E-state index contributed by atoms with van der Waals surface area (Å²) in [5, 5.41) is 6.97. The molecular weight excluding hydrogens is 240 g/mol. The molecule has 0 saturated carbocycles. The largest absolute Gasteiger partial charge is 0.348 e. The second-order valence-corrected chi connectivity index (χ2v) is 5.44. The molecule has 0 bridgehead atoms. The Balaban J connectivity index is 2.39. The molecule has 0 aliphatic rings. The number of hydrogen-bond donors (Lipinski definition) is 2. The van der Waals surface area contributed by atoms with Crippen molar-refractivity contribution in [3.8, 4) is 0 Å². The molecule has 3 N–H and O–H groups in total. The molecule has 3 nitrogen and oxygen atoms in total. The highest BCUT2D eigenvalue weighted by Gasteiger charge is 2.16. The zero-order valence-electron chi connectivity index (χ0n) is 9.60. The number of amides is 1. The van der Waals surface area contributed by atoms with E-state index in [0.29, 0.717) is 0 Å². The SMILES string of the molecule is CSCC[C@H](N)C(=O)NC(C)c1ccsc1. The molecule has 5 heteroatoms. The molecule has 0 aliphatic carbocycles. The Morgan fingerprint density at radius 2 is 2.44 bits per heavy atom. The van der Waals surface area contributed by atoms with Crippen LogP contribution in [-0.4, -0.2) is 24.0 Å². The maximum Gasteiger partial charge on any atom is 0.237 e. The lowest BCUT2D eigenvalue weighted by molar-refractivity contribution is -0.123. The summed E-state index contributed by atoms with van der Waals surface area (Å²) in [6.07, 6.45) is 2.74. The van der Waals surface area contributed by atoms with E-state index in [0.717, 1.165) is 17.7 Å². The van der Waals surface area contributed by atoms with E-state index < -0.39 is 6.04 Å². The van der Waals surface area contributed by atoms with Crippen molar-refractivity contribution in [3.63, 3.8) is 0 Å². The third-order valence-electron chi connectivity index (χ3n) is 2.37. The highest BCUT2D eigenvalue weighted by atomic mass is 32.2. The summed E-state index contributed by atoms with van der Waals surface area (Å²) in [5.74, 6) is 0.856. The average Bonchev–Trinajstić information content (AvgIpc) is 2.79. The van der Waals surface area contributed by atoms with E-state index in [9.17, 15) is 4.79 Å². The molecule has 1 unspecified atom stereocenters. The third kappa shape index (κ3) is 4.15. The fourth-order valence-electron chi connectivity index (χ4n) is 1.30. The molecule has 1 aromatic rings. The molecule has 0 saturated heterocycles. The number of carbonyl (C=O) groups is 1. The maximum absolute atomic E-state index is 11.7. The van der Waals surface area contributed by atoms with Gasteiger partial charge in [0.1, 0.15) is 0 Å². The molecule has 0 aliphatic heterocycles. The van der Waals surface area contributed by atoms with E-state index in [-0.39, 0.29) is 11.9 Å². The predicted molar refractivity (Wildman–Crippen MR) is 71.9 cm³/mol. The van der Waals surface area contributed by atoms with E-state index in [2.05, 4.69) is 5.32 Å². The van der Waals surface area contributed by atoms with Crippen LogP contribution in [0.25, 0.3) is 0 Å². The number of thioether (sulfide) groups is 1. The fourth-order valence-corrected chi connectivity index (χ4v) is 2.54. The molecule has 0 radical (unpaired) electrons. The van der Waals surface area contributed by atoms with E-state index in [4.69, 9.17) is 5.73 Å². The Morgan fingerprint density at radius 3 is 3.00 bits per heavy atom. The second kappa shape index (κ2) is 6.93. The number of hydrogen-bond acceptors (Lipinski definition) is 4. The standard InChI is InChI=1S/C11H18N2OS2/c1-8(9-3-6-16-7-9)13-11(14)10(12)4-5-15-2/h3,6-8,10H,4-5,12H2,1-2H3,(H,13,14)/t8?,10-/m0/s1. The second-order valence-electron chi connectivity index (χ2n) is 3.67. The van der Waals surface area contributed by atoms with Crippen molar-refractivity contribution < 1.29 is 4.79 Å². The van der Waals surface area contributed by atoms with Gasteiger partial charge >= 0.3 is 0 Å². The van der Waals surface area contributed by atoms with Crippen molar-refractivity contribution in [1.82, 2.24) is 5.32 Å². The lowest BCUT2D eigenvalue weighted by Crippen LogP contribution is -2.41. The van der Waals surface area contributed by atoms with Crippen molar-refractivity contribution >= 4 is 29.0 Å². The van der Waals surface area contributed by atoms with Gasteiger partial charge in [0, 0.05) is 0 Å². The van der Waals surface area contributed by atoms with Gasteiger partial charge < -0.3 is 11.1 Å². The first-order valence-electron chi connectivity index (χ1n) is 5.22. The Hall–Kier alpha value is -0.520. The van der Waals surface area contributed by atoms with Crippen LogP contribution in [0.3, 0.4) is 0 Å². The number of nitrogens with one attached hydrogen (secondary N) is 1. The van der Waals surface area contributed by atoms with Gasteiger partial charge in [-0.3, -0.25) is 4.79 Å². The lowest BCUT2D eigenvalue weighted by Gasteiger charge is -2.16. The zero-order valence-corrected chi connectivity index (χ0v) is 11.2. The van der Waals surface area contributed by atoms with E-state index >= 15 is 0 Å². The van der Waals surface area contributed by atoms with Gasteiger partial charge in [-0.15, -0.1) is 0 Å². The normalized spacial score (nSPS) is 14.4. The van der Waals surface area contributed by atoms with Crippen LogP contribution in [-0.2, 0) is 4.79 Å². The average molecular weight is 258 g/mol. The predicted octanol–water partition coefficient (Wildman–Crippen LogP) is 2.01. The first-order chi connectivity index (χ1) is 7.65. The van der Waals surface area contributed by atoms with Gasteiger partial charge in [0.2, 0.25) is 5.91 Å². The first-order valence-corrected chi connectivity index (χ1v) is 7.55. The van der Waals surface area contributed by atoms with E-state index in [1.165, 1.54) is 0 Å². The molecule has 90 valence electrons. The van der Waals surface area contributed by atoms with Crippen molar-refractivity contribution in [2.75, 3.05) is 12.0 Å². The Morgan fingerprint density at radius 1 is 1.69 bits per heavy atom. The molecule has 16 heavy (non-hydrogen) atoms. The van der Waals surface area contributed by atoms with E-state index in [1.54, 1.807) is 23.1 Å². The Bertz CT molecular complexity index is 314. The number of rotatable bonds is 6. The zero-order chi connectivity index (χ0) is 12.0. The van der Waals surface area contributed by atoms with Gasteiger partial charge in [-0.05, 0) is 47.7 Å². The van der Waals surface area contributed by atoms with Crippen molar-refractivity contribution in [1.29, 1.82) is 0 Å². The molecule has 0 aromatic carbocycles. The highest BCUT2D eigenvalue weighted by molar-refractivity contribution is 7.98. The summed E-state index contributed by atoms with van der Waals surface area (Å²) in [7, 11) is 0. The summed E-state index contributed by atoms with van der Waals surface area (Å²) in [5.41, 5.74) is 6.92. The van der Waals surface area contributed by atoms with Crippen LogP contribution in [0.4, 0.5) is 0 Å². The maximum atomic E-state index is 11.7. The molecule has 0 spiro atoms. The number of thiophene rings is 1. The van der Waals surface area contributed by atoms with Gasteiger partial charge in [0.25, 0.3) is 0 Å². The van der Waals surface area contributed by atoms with Crippen LogP contribution in [0.15, 0.2) is 16.8 Å². The molecule has 1 amide bonds. The molecule has 1 rings (SSSR count). The number of nitrogens with two attached hydrogens (primary N) is 1. The van der Waals surface area contributed by atoms with Crippen LogP contribution >= 0.6 is 23.1 Å². The third-order valence-corrected chi connectivity index (χ3v) is 3.72. The molecular formula is C11H18N2OS2. The van der Waals surface area contributed by atoms with Crippen LogP contribution in [0.2, 0.25) is 0 Å². The van der Waals surface area contributed by atoms with Gasteiger partial charge in [0.15, 0.2) is 0 Å². The van der Waals surface area contributed by atoms with Crippen LogP contribution in [0, 0.1) is 0 Å². The highest BCUT2D eigenvalue weighted by Crippen LogP contribution is 2.15. The minimum atomic E-state index is -0.395. The summed E-state index contributed by atoms with van der Waals surface area (Å²) in [4.78, 5) is 11.7. The molecule has 1 aromatic heterocycles. The van der Waals surface area contributed by atoms with Gasteiger partial charge in [-0.2, -0.15) is 23.1 Å². The minimum Gasteiger partial charge on any atom is -0.348 e. The molecule has 1 heterocycles. The lowest BCUT2D eigenvalue weighted by atomic mass is 10.1. The van der Waals surface area contributed by atoms with Crippen molar-refractivity contribution in [2.24, 2.45) is 5.73 Å². The van der Waals surface area contributed by atoms with Crippen LogP contribution < -0.4 is 11.1 Å². The first kappa shape index (κ1) is 13.5. The van der Waals surface area contributed by atoms with Crippen LogP contribution in [0.5, 0.6) is 0 Å². The van der Waals surface area contributed by atoms with Crippen LogP contribution in [0.1, 0.15) is 24.9 Å². The smallest absolute Gasteiger partial charge is 0.237 e.